The highest BCUT2D eigenvalue weighted by atomic mass is 35.5. The maximum Gasteiger partial charge on any atom is 0.119 e. The van der Waals surface area contributed by atoms with Crippen molar-refractivity contribution in [2.75, 3.05) is 13.2 Å². The van der Waals surface area contributed by atoms with Gasteiger partial charge in [0.25, 0.3) is 0 Å². The molecule has 0 aliphatic heterocycles. The van der Waals surface area contributed by atoms with Gasteiger partial charge >= 0.3 is 0 Å². The first-order valence-electron chi connectivity index (χ1n) is 7.06. The molecule has 1 heterocycles. The zero-order valence-corrected chi connectivity index (χ0v) is 14.5. The van der Waals surface area contributed by atoms with Crippen molar-refractivity contribution in [2.24, 2.45) is 0 Å². The lowest BCUT2D eigenvalue weighted by Gasteiger charge is -2.19. The van der Waals surface area contributed by atoms with E-state index in [1.807, 2.05) is 25.1 Å². The Hall–Kier alpha value is -0.740. The highest BCUT2D eigenvalue weighted by Crippen LogP contribution is 2.37. The highest BCUT2D eigenvalue weighted by Gasteiger charge is 2.19. The zero-order chi connectivity index (χ0) is 15.2. The molecule has 0 fully saturated rings. The van der Waals surface area contributed by atoms with Gasteiger partial charge in [-0.15, -0.1) is 11.3 Å². The number of halogens is 2. The SMILES string of the molecule is CCCNC(c1ccc(OCC)cc1)c1cc(Cl)sc1Cl. The molecule has 21 heavy (non-hydrogen) atoms. The minimum atomic E-state index is 0.0527. The molecule has 1 aromatic carbocycles. The Morgan fingerprint density at radius 3 is 2.43 bits per heavy atom. The topological polar surface area (TPSA) is 21.3 Å². The minimum Gasteiger partial charge on any atom is -0.494 e. The van der Waals surface area contributed by atoms with E-state index in [4.69, 9.17) is 27.9 Å². The first kappa shape index (κ1) is 16.6. The van der Waals surface area contributed by atoms with Crippen molar-refractivity contribution in [1.29, 1.82) is 0 Å². The molecule has 5 heteroatoms. The predicted molar refractivity (Wildman–Crippen MR) is 92.1 cm³/mol. The quantitative estimate of drug-likeness (QED) is 0.712. The third-order valence-electron chi connectivity index (χ3n) is 3.12. The number of benzene rings is 1. The Balaban J connectivity index is 2.28. The molecule has 1 N–H and O–H groups in total. The van der Waals surface area contributed by atoms with E-state index in [1.165, 1.54) is 11.3 Å². The van der Waals surface area contributed by atoms with E-state index in [2.05, 4.69) is 24.4 Å². The minimum absolute atomic E-state index is 0.0527. The summed E-state index contributed by atoms with van der Waals surface area (Å²) in [5, 5.41) is 3.53. The Morgan fingerprint density at radius 2 is 1.90 bits per heavy atom. The molecule has 1 aromatic heterocycles. The monoisotopic (exact) mass is 343 g/mol. The summed E-state index contributed by atoms with van der Waals surface area (Å²) in [7, 11) is 0. The van der Waals surface area contributed by atoms with Crippen molar-refractivity contribution >= 4 is 34.5 Å². The molecule has 0 aliphatic rings. The average Bonchev–Trinajstić information content (AvgIpc) is 2.80. The molecule has 2 nitrogen and oxygen atoms in total. The Bertz CT molecular complexity index is 568. The van der Waals surface area contributed by atoms with Crippen LogP contribution in [-0.4, -0.2) is 13.2 Å². The van der Waals surface area contributed by atoms with Gasteiger partial charge in [0, 0.05) is 5.56 Å². The predicted octanol–water partition coefficient (Wildman–Crippen LogP) is 5.54. The standard InChI is InChI=1S/C16H19Cl2NOS/c1-3-9-19-15(13-10-14(17)21-16(13)18)11-5-7-12(8-6-11)20-4-2/h5-8,10,15,19H,3-4,9H2,1-2H3. The zero-order valence-electron chi connectivity index (χ0n) is 12.2. The second-order valence-electron chi connectivity index (χ2n) is 4.67. The van der Waals surface area contributed by atoms with Gasteiger partial charge in [0.2, 0.25) is 0 Å². The lowest BCUT2D eigenvalue weighted by Crippen LogP contribution is -2.23. The number of hydrogen-bond acceptors (Lipinski definition) is 3. The molecule has 0 amide bonds. The molecule has 0 saturated heterocycles. The van der Waals surface area contributed by atoms with Crippen LogP contribution in [0.15, 0.2) is 30.3 Å². The van der Waals surface area contributed by atoms with Crippen LogP contribution in [0.5, 0.6) is 5.75 Å². The average molecular weight is 344 g/mol. The Labute approximate surface area is 140 Å². The summed E-state index contributed by atoms with van der Waals surface area (Å²) in [5.74, 6) is 0.880. The van der Waals surface area contributed by atoms with Crippen LogP contribution in [0.3, 0.4) is 0 Å². The van der Waals surface area contributed by atoms with Crippen molar-refractivity contribution in [3.63, 3.8) is 0 Å². The van der Waals surface area contributed by atoms with Crippen LogP contribution in [-0.2, 0) is 0 Å². The van der Waals surface area contributed by atoms with Gasteiger partial charge in [-0.2, -0.15) is 0 Å². The van der Waals surface area contributed by atoms with E-state index >= 15 is 0 Å². The summed E-state index contributed by atoms with van der Waals surface area (Å²) < 4.78 is 6.94. The summed E-state index contributed by atoms with van der Waals surface area (Å²) in [6.45, 7) is 5.71. The number of hydrogen-bond donors (Lipinski definition) is 1. The second-order valence-corrected chi connectivity index (χ2v) is 6.95. The maximum atomic E-state index is 6.32. The number of nitrogens with one attached hydrogen (secondary N) is 1. The van der Waals surface area contributed by atoms with Gasteiger partial charge in [-0.3, -0.25) is 0 Å². The largest absolute Gasteiger partial charge is 0.494 e. The summed E-state index contributed by atoms with van der Waals surface area (Å²) in [6.07, 6.45) is 1.06. The maximum absolute atomic E-state index is 6.32. The van der Waals surface area contributed by atoms with E-state index in [9.17, 15) is 0 Å². The number of ether oxygens (including phenoxy) is 1. The normalized spacial score (nSPS) is 12.4. The van der Waals surface area contributed by atoms with Crippen molar-refractivity contribution < 1.29 is 4.74 Å². The molecule has 0 spiro atoms. The molecule has 1 unspecified atom stereocenters. The van der Waals surface area contributed by atoms with Crippen LogP contribution < -0.4 is 10.1 Å². The van der Waals surface area contributed by atoms with Crippen LogP contribution in [0.2, 0.25) is 8.67 Å². The summed E-state index contributed by atoms with van der Waals surface area (Å²) in [4.78, 5) is 0. The number of thiophene rings is 1. The van der Waals surface area contributed by atoms with E-state index in [-0.39, 0.29) is 6.04 Å². The summed E-state index contributed by atoms with van der Waals surface area (Å²) in [6, 6.07) is 10.1. The van der Waals surface area contributed by atoms with Crippen molar-refractivity contribution in [3.8, 4) is 5.75 Å². The molecule has 0 bridgehead atoms. The molecule has 114 valence electrons. The Morgan fingerprint density at radius 1 is 1.19 bits per heavy atom. The van der Waals surface area contributed by atoms with Crippen LogP contribution in [0, 0.1) is 0 Å². The van der Waals surface area contributed by atoms with Gasteiger partial charge in [0.05, 0.1) is 21.3 Å². The molecule has 0 saturated carbocycles. The van der Waals surface area contributed by atoms with Gasteiger partial charge in [0.15, 0.2) is 0 Å². The summed E-state index contributed by atoms with van der Waals surface area (Å²) >= 11 is 13.8. The lowest BCUT2D eigenvalue weighted by molar-refractivity contribution is 0.340. The van der Waals surface area contributed by atoms with E-state index < -0.39 is 0 Å². The van der Waals surface area contributed by atoms with Gasteiger partial charge in [-0.25, -0.2) is 0 Å². The molecule has 1 atom stereocenters. The molecule has 0 radical (unpaired) electrons. The van der Waals surface area contributed by atoms with Crippen LogP contribution >= 0.6 is 34.5 Å². The fraction of sp³-hybridized carbons (Fsp3) is 0.375. The molecule has 2 rings (SSSR count). The van der Waals surface area contributed by atoms with Gasteiger partial charge < -0.3 is 10.1 Å². The van der Waals surface area contributed by atoms with E-state index in [0.717, 1.165) is 34.2 Å². The molecular formula is C16H19Cl2NOS. The highest BCUT2D eigenvalue weighted by molar-refractivity contribution is 7.20. The smallest absolute Gasteiger partial charge is 0.119 e. The second kappa shape index (κ2) is 8.04. The Kier molecular flexibility index (Phi) is 6.37. The molecular weight excluding hydrogens is 325 g/mol. The third kappa shape index (κ3) is 4.36. The molecule has 2 aromatic rings. The number of rotatable bonds is 7. The molecule has 0 aliphatic carbocycles. The van der Waals surface area contributed by atoms with Crippen molar-refractivity contribution in [3.05, 3.63) is 50.1 Å². The van der Waals surface area contributed by atoms with Crippen molar-refractivity contribution in [2.45, 2.75) is 26.3 Å². The van der Waals surface area contributed by atoms with E-state index in [0.29, 0.717) is 10.9 Å². The fourth-order valence-corrected chi connectivity index (χ4v) is 3.70. The first-order valence-corrected chi connectivity index (χ1v) is 8.63. The van der Waals surface area contributed by atoms with Crippen LogP contribution in [0.25, 0.3) is 0 Å². The van der Waals surface area contributed by atoms with Crippen molar-refractivity contribution in [1.82, 2.24) is 5.32 Å². The fourth-order valence-electron chi connectivity index (χ4n) is 2.17. The van der Waals surface area contributed by atoms with Crippen LogP contribution in [0.4, 0.5) is 0 Å². The summed E-state index contributed by atoms with van der Waals surface area (Å²) in [5.41, 5.74) is 2.19. The van der Waals surface area contributed by atoms with Crippen LogP contribution in [0.1, 0.15) is 37.4 Å². The van der Waals surface area contributed by atoms with E-state index in [1.54, 1.807) is 0 Å². The first-order chi connectivity index (χ1) is 10.2. The lowest BCUT2D eigenvalue weighted by atomic mass is 10.0. The third-order valence-corrected chi connectivity index (χ3v) is 4.63. The van der Waals surface area contributed by atoms with Gasteiger partial charge in [0.1, 0.15) is 5.75 Å². The van der Waals surface area contributed by atoms with Gasteiger partial charge in [-0.05, 0) is 43.7 Å². The van der Waals surface area contributed by atoms with Gasteiger partial charge in [-0.1, -0.05) is 42.3 Å².